The van der Waals surface area contributed by atoms with Gasteiger partial charge in [0, 0.05) is 44.5 Å². The molecule has 0 aliphatic carbocycles. The molecule has 0 spiro atoms. The highest BCUT2D eigenvalue weighted by atomic mass is 16.5. The van der Waals surface area contributed by atoms with Crippen LogP contribution in [0.4, 0.5) is 0 Å². The van der Waals surface area contributed by atoms with Crippen molar-refractivity contribution in [1.82, 2.24) is 14.7 Å². The third-order valence-electron chi connectivity index (χ3n) is 10.0. The molecule has 0 radical (unpaired) electrons. The minimum atomic E-state index is -0.140. The summed E-state index contributed by atoms with van der Waals surface area (Å²) in [6.45, 7) is 11.4. The van der Waals surface area contributed by atoms with E-state index in [-0.39, 0.29) is 30.8 Å². The summed E-state index contributed by atoms with van der Waals surface area (Å²) in [7, 11) is 0. The Bertz CT molecular complexity index is 888. The van der Waals surface area contributed by atoms with Crippen LogP contribution in [0.1, 0.15) is 207 Å². The molecule has 0 fully saturated rings. The van der Waals surface area contributed by atoms with E-state index < -0.39 is 0 Å². The lowest BCUT2D eigenvalue weighted by Gasteiger charge is -2.23. The number of carbonyl (C=O) groups is 2. The summed E-state index contributed by atoms with van der Waals surface area (Å²) in [5, 5.41) is 13.7. The zero-order valence-electron chi connectivity index (χ0n) is 33.9. The van der Waals surface area contributed by atoms with Crippen LogP contribution in [0.5, 0.6) is 0 Å². The first kappa shape index (κ1) is 47.1. The number of aliphatic hydroxyl groups excluding tert-OH is 1. The number of carbonyl (C=O) groups excluding carboxylic acids is 2. The molecule has 0 aliphatic heterocycles. The maximum atomic E-state index is 13.2. The third kappa shape index (κ3) is 27.4. The number of unbranched alkanes of at least 4 members (excludes halogenated alkanes) is 16. The third-order valence-corrected chi connectivity index (χ3v) is 10.0. The van der Waals surface area contributed by atoms with Crippen molar-refractivity contribution in [2.24, 2.45) is 0 Å². The normalized spacial score (nSPS) is 12.7. The van der Waals surface area contributed by atoms with Gasteiger partial charge in [0.15, 0.2) is 0 Å². The molecular formula is C43H81N3O5. The highest BCUT2D eigenvalue weighted by Crippen LogP contribution is 2.19. The largest absolute Gasteiger partial charge is 0.462 e. The van der Waals surface area contributed by atoms with Gasteiger partial charge >= 0.3 is 11.9 Å². The van der Waals surface area contributed by atoms with Crippen molar-refractivity contribution in [2.75, 3.05) is 19.7 Å². The van der Waals surface area contributed by atoms with Crippen LogP contribution in [0.15, 0.2) is 12.4 Å². The maximum absolute atomic E-state index is 13.2. The van der Waals surface area contributed by atoms with E-state index in [0.717, 1.165) is 56.9 Å². The van der Waals surface area contributed by atoms with Crippen LogP contribution in [0.3, 0.4) is 0 Å². The van der Waals surface area contributed by atoms with Crippen molar-refractivity contribution in [3.8, 4) is 0 Å². The van der Waals surface area contributed by atoms with Crippen molar-refractivity contribution in [3.05, 3.63) is 18.0 Å². The van der Waals surface area contributed by atoms with Gasteiger partial charge in [-0.3, -0.25) is 19.2 Å². The summed E-state index contributed by atoms with van der Waals surface area (Å²) in [4.78, 5) is 28.6. The molecule has 0 amide bonds. The van der Waals surface area contributed by atoms with E-state index >= 15 is 0 Å². The Morgan fingerprint density at radius 3 is 1.43 bits per heavy atom. The van der Waals surface area contributed by atoms with E-state index in [1.165, 1.54) is 103 Å². The number of hydrogen-bond acceptors (Lipinski definition) is 7. The highest BCUT2D eigenvalue weighted by molar-refractivity contribution is 5.70. The van der Waals surface area contributed by atoms with E-state index in [1.807, 2.05) is 17.1 Å². The van der Waals surface area contributed by atoms with Gasteiger partial charge in [0.1, 0.15) is 12.2 Å². The fraction of sp³-hybridized carbons (Fsp3) is 0.884. The van der Waals surface area contributed by atoms with Gasteiger partial charge in [-0.15, -0.1) is 0 Å². The zero-order chi connectivity index (χ0) is 37.2. The van der Waals surface area contributed by atoms with E-state index in [9.17, 15) is 14.7 Å². The number of hydrogen-bond donors (Lipinski definition) is 1. The molecular weight excluding hydrogens is 638 g/mol. The summed E-state index contributed by atoms with van der Waals surface area (Å²) in [6, 6.07) is 0. The molecule has 2 atom stereocenters. The van der Waals surface area contributed by atoms with Crippen molar-refractivity contribution in [3.63, 3.8) is 0 Å². The number of aromatic nitrogens is 2. The molecule has 1 N–H and O–H groups in total. The molecule has 2 unspecified atom stereocenters. The predicted molar refractivity (Wildman–Crippen MR) is 212 cm³/mol. The van der Waals surface area contributed by atoms with E-state index in [1.54, 1.807) is 0 Å². The summed E-state index contributed by atoms with van der Waals surface area (Å²) in [5.74, 6) is -0.280. The lowest BCUT2D eigenvalue weighted by molar-refractivity contribution is -0.150. The van der Waals surface area contributed by atoms with Crippen LogP contribution >= 0.6 is 0 Å². The highest BCUT2D eigenvalue weighted by Gasteiger charge is 2.19. The van der Waals surface area contributed by atoms with E-state index in [4.69, 9.17) is 9.47 Å². The van der Waals surface area contributed by atoms with Gasteiger partial charge in [-0.05, 0) is 57.8 Å². The van der Waals surface area contributed by atoms with Gasteiger partial charge in [-0.1, -0.05) is 130 Å². The Morgan fingerprint density at radius 2 is 1.02 bits per heavy atom. The van der Waals surface area contributed by atoms with Crippen molar-refractivity contribution in [2.45, 2.75) is 226 Å². The molecule has 1 heterocycles. The number of aliphatic hydroxyl groups is 1. The zero-order valence-corrected chi connectivity index (χ0v) is 33.9. The Balaban J connectivity index is 2.80. The fourth-order valence-electron chi connectivity index (χ4n) is 6.79. The Labute approximate surface area is 314 Å². The first-order valence-corrected chi connectivity index (χ1v) is 21.7. The Morgan fingerprint density at radius 1 is 0.627 bits per heavy atom. The number of esters is 2. The first-order valence-electron chi connectivity index (χ1n) is 21.7. The van der Waals surface area contributed by atoms with Gasteiger partial charge in [-0.25, -0.2) is 0 Å². The minimum Gasteiger partial charge on any atom is -0.462 e. The molecule has 1 aromatic rings. The maximum Gasteiger partial charge on any atom is 0.307 e. The van der Waals surface area contributed by atoms with Gasteiger partial charge in [0.25, 0.3) is 0 Å². The van der Waals surface area contributed by atoms with Gasteiger partial charge in [0.2, 0.25) is 0 Å². The summed E-state index contributed by atoms with van der Waals surface area (Å²) in [6.07, 6.45) is 33.2. The van der Waals surface area contributed by atoms with Crippen LogP contribution in [0, 0.1) is 0 Å². The smallest absolute Gasteiger partial charge is 0.307 e. The van der Waals surface area contributed by atoms with Crippen LogP contribution in [0.25, 0.3) is 0 Å². The average molecular weight is 720 g/mol. The Kier molecular flexibility index (Phi) is 31.3. The molecule has 298 valence electrons. The van der Waals surface area contributed by atoms with Crippen LogP contribution in [-0.2, 0) is 32.2 Å². The molecule has 1 rings (SSSR count). The molecule has 0 saturated heterocycles. The van der Waals surface area contributed by atoms with E-state index in [0.29, 0.717) is 45.4 Å². The molecule has 0 bridgehead atoms. The molecule has 1 aromatic heterocycles. The van der Waals surface area contributed by atoms with Gasteiger partial charge in [-0.2, -0.15) is 5.10 Å². The second-order valence-corrected chi connectivity index (χ2v) is 15.0. The summed E-state index contributed by atoms with van der Waals surface area (Å²) < 4.78 is 14.1. The minimum absolute atomic E-state index is 0.00498. The van der Waals surface area contributed by atoms with Crippen LogP contribution in [-0.4, -0.2) is 63.6 Å². The van der Waals surface area contributed by atoms with Crippen LogP contribution in [0.2, 0.25) is 0 Å². The SMILES string of the molecule is CCCCCCCCC(CCCCCC)OC(=O)CCN(CCC(=O)OC(CCCCCC)CCCCCCCC)Cc1cnn(CCCO)c1. The quantitative estimate of drug-likeness (QED) is 0.0540. The van der Waals surface area contributed by atoms with Gasteiger partial charge in [0.05, 0.1) is 19.0 Å². The number of nitrogens with zero attached hydrogens (tertiary/aromatic N) is 3. The fourth-order valence-corrected chi connectivity index (χ4v) is 6.79. The molecule has 0 aromatic carbocycles. The second-order valence-electron chi connectivity index (χ2n) is 15.0. The molecule has 0 saturated carbocycles. The number of ether oxygens (including phenoxy) is 2. The summed E-state index contributed by atoms with van der Waals surface area (Å²) in [5.41, 5.74) is 1.03. The second kappa shape index (κ2) is 33.9. The standard InChI is InChI=1S/C43H81N3O5/c1-5-9-13-17-19-23-28-40(26-21-15-11-7-3)50-42(48)30-33-45(37-39-36-44-46(38-39)32-25-35-47)34-31-43(49)51-41(27-22-16-12-8-4)29-24-20-18-14-10-6-2/h36,38,40-41,47H,5-35,37H2,1-4H3. The van der Waals surface area contributed by atoms with Gasteiger partial charge < -0.3 is 14.6 Å². The lowest BCUT2D eigenvalue weighted by Crippen LogP contribution is -2.31. The summed E-state index contributed by atoms with van der Waals surface area (Å²) >= 11 is 0. The van der Waals surface area contributed by atoms with Crippen molar-refractivity contribution < 1.29 is 24.2 Å². The van der Waals surface area contributed by atoms with Crippen LogP contribution < -0.4 is 0 Å². The first-order chi connectivity index (χ1) is 24.9. The van der Waals surface area contributed by atoms with Crippen molar-refractivity contribution in [1.29, 1.82) is 0 Å². The molecule has 8 nitrogen and oxygen atoms in total. The monoisotopic (exact) mass is 720 g/mol. The Hall–Kier alpha value is -1.93. The lowest BCUT2D eigenvalue weighted by atomic mass is 10.0. The topological polar surface area (TPSA) is 93.9 Å². The molecule has 0 aliphatic rings. The van der Waals surface area contributed by atoms with E-state index in [2.05, 4.69) is 37.7 Å². The van der Waals surface area contributed by atoms with Crippen molar-refractivity contribution >= 4 is 11.9 Å². The number of rotatable bonds is 37. The number of aryl methyl sites for hydroxylation is 1. The molecule has 8 heteroatoms. The average Bonchev–Trinajstić information content (AvgIpc) is 3.58. The predicted octanol–water partition coefficient (Wildman–Crippen LogP) is 11.1. The molecule has 51 heavy (non-hydrogen) atoms.